The number of methoxy groups -OCH3 is 1. The van der Waals surface area contributed by atoms with Crippen LogP contribution in [-0.2, 0) is 21.3 Å². The highest BCUT2D eigenvalue weighted by atomic mass is 32.2. The highest BCUT2D eigenvalue weighted by molar-refractivity contribution is 7.90. The van der Waals surface area contributed by atoms with E-state index in [1.54, 1.807) is 18.2 Å². The summed E-state index contributed by atoms with van der Waals surface area (Å²) < 4.78 is 63.1. The number of aromatic nitrogens is 1. The zero-order valence-electron chi connectivity index (χ0n) is 13.1. The minimum Gasteiger partial charge on any atom is -0.383 e. The quantitative estimate of drug-likeness (QED) is 0.680. The van der Waals surface area contributed by atoms with Crippen LogP contribution in [-0.4, -0.2) is 26.7 Å². The van der Waals surface area contributed by atoms with Gasteiger partial charge in [-0.25, -0.2) is 8.78 Å². The number of hydrogen-bond donors (Lipinski definition) is 0. The zero-order chi connectivity index (χ0) is 18.0. The van der Waals surface area contributed by atoms with Gasteiger partial charge in [0.05, 0.1) is 21.7 Å². The van der Waals surface area contributed by atoms with Gasteiger partial charge in [-0.3, -0.25) is 0 Å². The molecule has 132 valence electrons. The molecule has 0 saturated heterocycles. The molecule has 0 radical (unpaired) electrons. The predicted octanol–water partition coefficient (Wildman–Crippen LogP) is 2.92. The van der Waals surface area contributed by atoms with Crippen LogP contribution in [0.3, 0.4) is 0 Å². The standard InChI is InChI=1S/C16H14F2N2O3S2/c1-23-8-7-20-15-13(18)9-11(17)10-14(15)24-16(20)19-25(21,22)12-5-3-2-4-6-12/h2-6,9-10H,7-8H2,1H3/b19-16-. The first kappa shape index (κ1) is 17.7. The van der Waals surface area contributed by atoms with Crippen molar-refractivity contribution in [3.8, 4) is 0 Å². The maximum atomic E-state index is 14.2. The summed E-state index contributed by atoms with van der Waals surface area (Å²) in [6.45, 7) is 0.406. The van der Waals surface area contributed by atoms with Gasteiger partial charge >= 0.3 is 0 Å². The Hall–Kier alpha value is -2.10. The molecule has 2 aromatic carbocycles. The van der Waals surface area contributed by atoms with Gasteiger partial charge in [0.1, 0.15) is 5.82 Å². The van der Waals surface area contributed by atoms with Crippen LogP contribution < -0.4 is 4.80 Å². The second kappa shape index (κ2) is 7.03. The lowest BCUT2D eigenvalue weighted by Gasteiger charge is -2.05. The van der Waals surface area contributed by atoms with Crippen molar-refractivity contribution in [1.29, 1.82) is 0 Å². The highest BCUT2D eigenvalue weighted by Gasteiger charge is 2.17. The number of ether oxygens (including phenoxy) is 1. The first-order valence-electron chi connectivity index (χ1n) is 7.26. The summed E-state index contributed by atoms with van der Waals surface area (Å²) in [5.41, 5.74) is 0.102. The fourth-order valence-corrected chi connectivity index (χ4v) is 4.66. The lowest BCUT2D eigenvalue weighted by atomic mass is 10.3. The summed E-state index contributed by atoms with van der Waals surface area (Å²) in [6.07, 6.45) is 0. The highest BCUT2D eigenvalue weighted by Crippen LogP contribution is 2.23. The SMILES string of the molecule is COCCn1/c(=N/S(=O)(=O)c2ccccc2)sc2cc(F)cc(F)c21. The van der Waals surface area contributed by atoms with Gasteiger partial charge in [-0.05, 0) is 18.2 Å². The lowest BCUT2D eigenvalue weighted by molar-refractivity contribution is 0.187. The molecular weight excluding hydrogens is 370 g/mol. The van der Waals surface area contributed by atoms with Crippen LogP contribution in [0.15, 0.2) is 51.8 Å². The molecule has 0 aliphatic heterocycles. The Balaban J connectivity index is 2.26. The van der Waals surface area contributed by atoms with Crippen LogP contribution in [0.25, 0.3) is 10.2 Å². The maximum Gasteiger partial charge on any atom is 0.285 e. The monoisotopic (exact) mass is 384 g/mol. The summed E-state index contributed by atoms with van der Waals surface area (Å²) >= 11 is 0.906. The number of nitrogens with zero attached hydrogens (tertiary/aromatic N) is 2. The Bertz CT molecular complexity index is 1070. The Morgan fingerprint density at radius 3 is 2.60 bits per heavy atom. The minimum absolute atomic E-state index is 0.0254. The van der Waals surface area contributed by atoms with E-state index >= 15 is 0 Å². The van der Waals surface area contributed by atoms with Crippen LogP contribution in [0.5, 0.6) is 0 Å². The molecule has 25 heavy (non-hydrogen) atoms. The molecule has 0 unspecified atom stereocenters. The summed E-state index contributed by atoms with van der Waals surface area (Å²) in [5.74, 6) is -1.51. The number of hydrogen-bond acceptors (Lipinski definition) is 4. The van der Waals surface area contributed by atoms with E-state index in [9.17, 15) is 17.2 Å². The fourth-order valence-electron chi connectivity index (χ4n) is 2.34. The third-order valence-electron chi connectivity index (χ3n) is 3.45. The molecule has 0 amide bonds. The van der Waals surface area contributed by atoms with Crippen LogP contribution in [0.1, 0.15) is 0 Å². The van der Waals surface area contributed by atoms with E-state index in [0.717, 1.165) is 23.5 Å². The van der Waals surface area contributed by atoms with E-state index in [-0.39, 0.29) is 33.1 Å². The van der Waals surface area contributed by atoms with Crippen molar-refractivity contribution >= 4 is 31.6 Å². The number of benzene rings is 2. The molecule has 0 N–H and O–H groups in total. The van der Waals surface area contributed by atoms with Gasteiger partial charge in [-0.1, -0.05) is 29.5 Å². The first-order valence-corrected chi connectivity index (χ1v) is 9.51. The minimum atomic E-state index is -3.97. The number of thiazole rings is 1. The molecule has 0 spiro atoms. The fraction of sp³-hybridized carbons (Fsp3) is 0.188. The summed E-state index contributed by atoms with van der Waals surface area (Å²) in [7, 11) is -2.50. The molecule has 1 heterocycles. The third-order valence-corrected chi connectivity index (χ3v) is 5.88. The molecule has 0 aliphatic carbocycles. The van der Waals surface area contributed by atoms with Crippen LogP contribution in [0.4, 0.5) is 8.78 Å². The summed E-state index contributed by atoms with van der Waals surface area (Å²) in [4.78, 5) is 0.0813. The third kappa shape index (κ3) is 3.63. The molecule has 0 fully saturated rings. The zero-order valence-corrected chi connectivity index (χ0v) is 14.8. The molecule has 0 atom stereocenters. The van der Waals surface area contributed by atoms with E-state index in [4.69, 9.17) is 4.74 Å². The number of rotatable bonds is 5. The van der Waals surface area contributed by atoms with Crippen molar-refractivity contribution in [2.75, 3.05) is 13.7 Å². The van der Waals surface area contributed by atoms with E-state index < -0.39 is 21.7 Å². The Labute approximate surface area is 146 Å². The number of halogens is 2. The van der Waals surface area contributed by atoms with Crippen molar-refractivity contribution in [2.45, 2.75) is 11.4 Å². The van der Waals surface area contributed by atoms with Crippen molar-refractivity contribution in [3.05, 3.63) is 58.9 Å². The van der Waals surface area contributed by atoms with E-state index in [1.807, 2.05) is 0 Å². The average Bonchev–Trinajstić information content (AvgIpc) is 2.90. The normalized spacial score (nSPS) is 12.8. The predicted molar refractivity (Wildman–Crippen MR) is 90.8 cm³/mol. The average molecular weight is 384 g/mol. The molecular formula is C16H14F2N2O3S2. The first-order chi connectivity index (χ1) is 11.9. The van der Waals surface area contributed by atoms with E-state index in [2.05, 4.69) is 4.40 Å². The van der Waals surface area contributed by atoms with Gasteiger partial charge in [-0.15, -0.1) is 4.40 Å². The largest absolute Gasteiger partial charge is 0.383 e. The molecule has 0 aliphatic rings. The van der Waals surface area contributed by atoms with E-state index in [1.165, 1.54) is 23.8 Å². The van der Waals surface area contributed by atoms with Crippen LogP contribution >= 0.6 is 11.3 Å². The van der Waals surface area contributed by atoms with Crippen molar-refractivity contribution in [3.63, 3.8) is 0 Å². The molecule has 1 aromatic heterocycles. The van der Waals surface area contributed by atoms with E-state index in [0.29, 0.717) is 0 Å². The second-order valence-electron chi connectivity index (χ2n) is 5.14. The second-order valence-corrected chi connectivity index (χ2v) is 7.76. The van der Waals surface area contributed by atoms with Gasteiger partial charge in [0, 0.05) is 19.7 Å². The number of sulfonamides is 1. The molecule has 5 nitrogen and oxygen atoms in total. The van der Waals surface area contributed by atoms with Crippen molar-refractivity contribution < 1.29 is 21.9 Å². The Morgan fingerprint density at radius 1 is 1.20 bits per heavy atom. The summed E-state index contributed by atoms with van der Waals surface area (Å²) in [6, 6.07) is 9.62. The molecule has 3 rings (SSSR count). The van der Waals surface area contributed by atoms with Crippen molar-refractivity contribution in [1.82, 2.24) is 4.57 Å². The van der Waals surface area contributed by atoms with Crippen molar-refractivity contribution in [2.24, 2.45) is 4.40 Å². The van der Waals surface area contributed by atoms with Crippen LogP contribution in [0.2, 0.25) is 0 Å². The number of fused-ring (bicyclic) bond motifs is 1. The maximum absolute atomic E-state index is 14.2. The smallest absolute Gasteiger partial charge is 0.285 e. The summed E-state index contributed by atoms with van der Waals surface area (Å²) in [5, 5.41) is 0. The van der Waals surface area contributed by atoms with Gasteiger partial charge in [0.2, 0.25) is 4.80 Å². The van der Waals surface area contributed by atoms with Gasteiger partial charge in [0.25, 0.3) is 10.0 Å². The molecule has 9 heteroatoms. The van der Waals surface area contributed by atoms with Gasteiger partial charge in [0.15, 0.2) is 5.82 Å². The molecule has 3 aromatic rings. The molecule has 0 bridgehead atoms. The van der Waals surface area contributed by atoms with Gasteiger partial charge < -0.3 is 9.30 Å². The van der Waals surface area contributed by atoms with Gasteiger partial charge in [-0.2, -0.15) is 8.42 Å². The topological polar surface area (TPSA) is 60.7 Å². The molecule has 0 saturated carbocycles. The van der Waals surface area contributed by atoms with Crippen LogP contribution in [0, 0.1) is 11.6 Å². The lowest BCUT2D eigenvalue weighted by Crippen LogP contribution is -2.20. The Morgan fingerprint density at radius 2 is 1.92 bits per heavy atom. The Kier molecular flexibility index (Phi) is 4.98.